The second-order valence-electron chi connectivity index (χ2n) is 3.78. The van der Waals surface area contributed by atoms with Crippen molar-refractivity contribution in [1.82, 2.24) is 0 Å². The van der Waals surface area contributed by atoms with Gasteiger partial charge in [-0.05, 0) is 0 Å². The normalized spacial score (nSPS) is 24.1. The van der Waals surface area contributed by atoms with E-state index >= 15 is 0 Å². The fourth-order valence-electron chi connectivity index (χ4n) is 0.851. The Morgan fingerprint density at radius 3 is 2.42 bits per heavy atom. The summed E-state index contributed by atoms with van der Waals surface area (Å²) in [6.45, 7) is 4.75. The van der Waals surface area contributed by atoms with Crippen molar-refractivity contribution in [2.75, 3.05) is 19.5 Å². The zero-order chi connectivity index (χ0) is 9.41. The highest BCUT2D eigenvalue weighted by Gasteiger charge is 2.40. The lowest BCUT2D eigenvalue weighted by Gasteiger charge is -2.20. The van der Waals surface area contributed by atoms with Crippen molar-refractivity contribution in [3.8, 4) is 0 Å². The van der Waals surface area contributed by atoms with Gasteiger partial charge in [0.2, 0.25) is 0 Å². The van der Waals surface area contributed by atoms with Crippen molar-refractivity contribution in [2.24, 2.45) is 5.41 Å². The van der Waals surface area contributed by atoms with E-state index in [1.54, 1.807) is 0 Å². The first-order valence-corrected chi connectivity index (χ1v) is 5.59. The molecule has 1 fully saturated rings. The second-order valence-corrected chi connectivity index (χ2v) is 5.42. The Hall–Kier alpha value is -0.130. The monoisotopic (exact) mass is 194 g/mol. The Morgan fingerprint density at radius 1 is 1.58 bits per heavy atom. The molecule has 1 rings (SSSR count). The molecule has 5 heteroatoms. The smallest absolute Gasteiger partial charge is 0.264 e. The fourth-order valence-corrected chi connectivity index (χ4v) is 1.37. The lowest BCUT2D eigenvalue weighted by atomic mass is 9.91. The average molecular weight is 194 g/mol. The van der Waals surface area contributed by atoms with Crippen LogP contribution in [0.1, 0.15) is 13.8 Å². The first kappa shape index (κ1) is 9.95. The van der Waals surface area contributed by atoms with Gasteiger partial charge in [0.15, 0.2) is 0 Å². The van der Waals surface area contributed by atoms with Gasteiger partial charge in [-0.25, -0.2) is 0 Å². The molecule has 1 aliphatic rings. The molecule has 0 aromatic carbocycles. The van der Waals surface area contributed by atoms with E-state index in [2.05, 4.69) is 4.18 Å². The Balaban J connectivity index is 2.40. The van der Waals surface area contributed by atoms with Gasteiger partial charge in [-0.15, -0.1) is 0 Å². The highest BCUT2D eigenvalue weighted by Crippen LogP contribution is 2.32. The van der Waals surface area contributed by atoms with Crippen LogP contribution in [-0.2, 0) is 19.0 Å². The minimum absolute atomic E-state index is 0.152. The summed E-state index contributed by atoms with van der Waals surface area (Å²) in [5.74, 6) is 0. The van der Waals surface area contributed by atoms with Gasteiger partial charge in [-0.3, -0.25) is 4.18 Å². The van der Waals surface area contributed by atoms with Crippen LogP contribution in [0.25, 0.3) is 0 Å². The maximum Gasteiger partial charge on any atom is 0.264 e. The van der Waals surface area contributed by atoms with Crippen LogP contribution in [-0.4, -0.2) is 34.0 Å². The summed E-state index contributed by atoms with van der Waals surface area (Å²) < 4.78 is 31.1. The average Bonchev–Trinajstić information content (AvgIpc) is 2.62. The zero-order valence-electron chi connectivity index (χ0n) is 7.53. The molecule has 0 N–H and O–H groups in total. The molecule has 1 heterocycles. The largest absolute Gasteiger partial charge is 0.372 e. The van der Waals surface area contributed by atoms with Crippen molar-refractivity contribution in [3.63, 3.8) is 0 Å². The number of epoxide rings is 1. The van der Waals surface area contributed by atoms with Crippen LogP contribution in [0.2, 0.25) is 0 Å². The summed E-state index contributed by atoms with van der Waals surface area (Å²) in [7, 11) is -3.32. The summed E-state index contributed by atoms with van der Waals surface area (Å²) in [6.07, 6.45) is 1.20. The molecule has 0 amide bonds. The van der Waals surface area contributed by atoms with Gasteiger partial charge in [-0.1, -0.05) is 13.8 Å². The highest BCUT2D eigenvalue weighted by atomic mass is 32.2. The van der Waals surface area contributed by atoms with Gasteiger partial charge < -0.3 is 4.74 Å². The third kappa shape index (κ3) is 3.08. The summed E-state index contributed by atoms with van der Waals surface area (Å²) in [6, 6.07) is 0. The van der Waals surface area contributed by atoms with Crippen LogP contribution in [0.4, 0.5) is 0 Å². The lowest BCUT2D eigenvalue weighted by molar-refractivity contribution is 0.145. The summed E-state index contributed by atoms with van der Waals surface area (Å²) in [5.41, 5.74) is -0.205. The van der Waals surface area contributed by atoms with Gasteiger partial charge in [0, 0.05) is 5.41 Å². The van der Waals surface area contributed by atoms with E-state index in [0.717, 1.165) is 6.26 Å². The van der Waals surface area contributed by atoms with Crippen LogP contribution in [0, 0.1) is 5.41 Å². The van der Waals surface area contributed by atoms with E-state index in [1.807, 2.05) is 13.8 Å². The molecule has 72 valence electrons. The quantitative estimate of drug-likeness (QED) is 0.480. The molecule has 0 unspecified atom stereocenters. The van der Waals surface area contributed by atoms with Crippen molar-refractivity contribution < 1.29 is 17.3 Å². The predicted molar refractivity (Wildman–Crippen MR) is 44.3 cm³/mol. The molecule has 1 saturated heterocycles. The van der Waals surface area contributed by atoms with Crippen LogP contribution in [0.5, 0.6) is 0 Å². The highest BCUT2D eigenvalue weighted by molar-refractivity contribution is 7.85. The third-order valence-electron chi connectivity index (χ3n) is 1.85. The van der Waals surface area contributed by atoms with Crippen molar-refractivity contribution in [1.29, 1.82) is 0 Å². The number of ether oxygens (including phenoxy) is 1. The molecule has 4 nitrogen and oxygen atoms in total. The molecular weight excluding hydrogens is 180 g/mol. The summed E-state index contributed by atoms with van der Waals surface area (Å²) >= 11 is 0. The summed E-state index contributed by atoms with van der Waals surface area (Å²) in [4.78, 5) is 0. The zero-order valence-corrected chi connectivity index (χ0v) is 8.35. The second kappa shape index (κ2) is 2.97. The fraction of sp³-hybridized carbons (Fsp3) is 1.00. The van der Waals surface area contributed by atoms with E-state index in [1.165, 1.54) is 0 Å². The molecule has 0 aliphatic carbocycles. The number of hydrogen-bond donors (Lipinski definition) is 0. The third-order valence-corrected chi connectivity index (χ3v) is 2.40. The number of rotatable bonds is 4. The van der Waals surface area contributed by atoms with Crippen LogP contribution in [0.3, 0.4) is 0 Å². The van der Waals surface area contributed by atoms with Gasteiger partial charge in [-0.2, -0.15) is 8.42 Å². The van der Waals surface area contributed by atoms with E-state index < -0.39 is 10.1 Å². The molecule has 1 atom stereocenters. The van der Waals surface area contributed by atoms with Crippen LogP contribution < -0.4 is 0 Å². The SMILES string of the molecule is CC(C)(COS(C)(=O)=O)[C@H]1CO1. The Labute approximate surface area is 73.0 Å². The maximum atomic E-state index is 10.7. The first-order chi connectivity index (χ1) is 5.31. The molecule has 1 aliphatic heterocycles. The molecule has 12 heavy (non-hydrogen) atoms. The van der Waals surface area contributed by atoms with E-state index in [9.17, 15) is 8.42 Å². The molecule has 0 spiro atoms. The minimum Gasteiger partial charge on any atom is -0.372 e. The Kier molecular flexibility index (Phi) is 2.47. The minimum atomic E-state index is -3.32. The number of hydrogen-bond acceptors (Lipinski definition) is 4. The van der Waals surface area contributed by atoms with Gasteiger partial charge in [0.05, 0.1) is 25.6 Å². The molecular formula is C7H14O4S. The van der Waals surface area contributed by atoms with Crippen molar-refractivity contribution >= 4 is 10.1 Å². The van der Waals surface area contributed by atoms with E-state index in [-0.39, 0.29) is 18.1 Å². The first-order valence-electron chi connectivity index (χ1n) is 3.77. The van der Waals surface area contributed by atoms with Gasteiger partial charge >= 0.3 is 0 Å². The topological polar surface area (TPSA) is 55.9 Å². The van der Waals surface area contributed by atoms with Gasteiger partial charge in [0.1, 0.15) is 0 Å². The van der Waals surface area contributed by atoms with E-state index in [4.69, 9.17) is 4.74 Å². The van der Waals surface area contributed by atoms with E-state index in [0.29, 0.717) is 6.61 Å². The van der Waals surface area contributed by atoms with Crippen LogP contribution in [0.15, 0.2) is 0 Å². The standard InChI is InChI=1S/C7H14O4S/c1-7(2,6-4-10-6)5-11-12(3,8)9/h6H,4-5H2,1-3H3/t6-/m1/s1. The molecule has 0 saturated carbocycles. The van der Waals surface area contributed by atoms with Crippen LogP contribution >= 0.6 is 0 Å². The molecule has 0 radical (unpaired) electrons. The molecule has 0 aromatic rings. The predicted octanol–water partition coefficient (Wildman–Crippen LogP) is 0.388. The van der Waals surface area contributed by atoms with Crippen molar-refractivity contribution in [2.45, 2.75) is 20.0 Å². The maximum absolute atomic E-state index is 10.7. The lowest BCUT2D eigenvalue weighted by Crippen LogP contribution is -2.27. The summed E-state index contributed by atoms with van der Waals surface area (Å²) in [5, 5.41) is 0. The molecule has 0 aromatic heterocycles. The van der Waals surface area contributed by atoms with Gasteiger partial charge in [0.25, 0.3) is 10.1 Å². The molecule has 0 bridgehead atoms. The Morgan fingerprint density at radius 2 is 2.08 bits per heavy atom. The Bertz CT molecular complexity index is 251. The van der Waals surface area contributed by atoms with Crippen molar-refractivity contribution in [3.05, 3.63) is 0 Å².